The highest BCUT2D eigenvalue weighted by molar-refractivity contribution is 5.71. The molecule has 0 radical (unpaired) electrons. The summed E-state index contributed by atoms with van der Waals surface area (Å²) in [6.45, 7) is 0. The smallest absolute Gasteiger partial charge is 0.408 e. The maximum atomic E-state index is 12.0. The van der Waals surface area contributed by atoms with E-state index in [1.165, 1.54) is 0 Å². The minimum absolute atomic E-state index is 0.327. The summed E-state index contributed by atoms with van der Waals surface area (Å²) in [6, 6.07) is 18.5. The average Bonchev–Trinajstić information content (AvgIpc) is 3.20. The topological polar surface area (TPSA) is 69.7 Å². The fraction of sp³-hybridized carbons (Fsp3) is 0.167. The zero-order valence-corrected chi connectivity index (χ0v) is 16.6. The maximum Gasteiger partial charge on any atom is 0.408 e. The van der Waals surface area contributed by atoms with Gasteiger partial charge in [0.2, 0.25) is 5.88 Å². The lowest BCUT2D eigenvalue weighted by molar-refractivity contribution is 0.132. The summed E-state index contributed by atoms with van der Waals surface area (Å²) >= 11 is 0. The molecule has 30 heavy (non-hydrogen) atoms. The summed E-state index contributed by atoms with van der Waals surface area (Å²) in [7, 11) is 3.18. The molecule has 2 heterocycles. The van der Waals surface area contributed by atoms with Crippen molar-refractivity contribution < 1.29 is 19.0 Å². The number of pyridine rings is 1. The number of benzene rings is 2. The van der Waals surface area contributed by atoms with Crippen LogP contribution in [0.1, 0.15) is 34.4 Å². The van der Waals surface area contributed by atoms with Gasteiger partial charge in [-0.25, -0.2) is 9.78 Å². The van der Waals surface area contributed by atoms with E-state index in [0.717, 1.165) is 22.3 Å². The lowest BCUT2D eigenvalue weighted by Gasteiger charge is -2.18. The third-order valence-corrected chi connectivity index (χ3v) is 4.77. The summed E-state index contributed by atoms with van der Waals surface area (Å²) in [5, 5.41) is 2.90. The van der Waals surface area contributed by atoms with Crippen LogP contribution in [0.25, 0.3) is 0 Å². The van der Waals surface area contributed by atoms with E-state index in [1.807, 2.05) is 54.6 Å². The molecule has 150 valence electrons. The second-order valence-electron chi connectivity index (χ2n) is 6.69. The third-order valence-electron chi connectivity index (χ3n) is 4.77. The quantitative estimate of drug-likeness (QED) is 0.670. The van der Waals surface area contributed by atoms with Gasteiger partial charge in [0.15, 0.2) is 6.10 Å². The van der Waals surface area contributed by atoms with Gasteiger partial charge in [-0.15, -0.1) is 0 Å². The number of ether oxygens (including phenoxy) is 3. The predicted octanol–water partition coefficient (Wildman–Crippen LogP) is 4.02. The van der Waals surface area contributed by atoms with Gasteiger partial charge in [0.25, 0.3) is 0 Å². The van der Waals surface area contributed by atoms with Gasteiger partial charge >= 0.3 is 6.09 Å². The van der Waals surface area contributed by atoms with Crippen molar-refractivity contribution in [2.24, 2.45) is 0 Å². The first-order chi connectivity index (χ1) is 14.7. The van der Waals surface area contributed by atoms with Gasteiger partial charge in [-0.3, -0.25) is 0 Å². The number of rotatable bonds is 4. The number of hydrogen-bond donors (Lipinski definition) is 1. The highest BCUT2D eigenvalue weighted by Gasteiger charge is 2.36. The van der Waals surface area contributed by atoms with Crippen LogP contribution >= 0.6 is 0 Å². The van der Waals surface area contributed by atoms with E-state index in [0.29, 0.717) is 11.6 Å². The molecule has 0 saturated carbocycles. The first-order valence-electron chi connectivity index (χ1n) is 9.39. The van der Waals surface area contributed by atoms with Crippen molar-refractivity contribution in [1.29, 1.82) is 0 Å². The van der Waals surface area contributed by atoms with Crippen molar-refractivity contribution in [2.45, 2.75) is 12.1 Å². The number of methoxy groups -OCH3 is 2. The molecule has 0 spiro atoms. The van der Waals surface area contributed by atoms with E-state index in [2.05, 4.69) is 22.1 Å². The molecule has 4 rings (SSSR count). The monoisotopic (exact) mass is 400 g/mol. The molecule has 6 heteroatoms. The number of alkyl carbamates (subject to hydrolysis) is 1. The second-order valence-corrected chi connectivity index (χ2v) is 6.69. The normalized spacial score (nSPS) is 17.3. The Morgan fingerprint density at radius 3 is 2.50 bits per heavy atom. The van der Waals surface area contributed by atoms with Crippen LogP contribution in [0.3, 0.4) is 0 Å². The van der Waals surface area contributed by atoms with Gasteiger partial charge in [0, 0.05) is 23.4 Å². The molecule has 0 bridgehead atoms. The van der Waals surface area contributed by atoms with Gasteiger partial charge in [0.05, 0.1) is 20.3 Å². The fourth-order valence-electron chi connectivity index (χ4n) is 3.31. The van der Waals surface area contributed by atoms with Crippen LogP contribution in [0, 0.1) is 11.8 Å². The molecule has 1 fully saturated rings. The highest BCUT2D eigenvalue weighted by atomic mass is 16.6. The molecule has 0 aliphatic carbocycles. The summed E-state index contributed by atoms with van der Waals surface area (Å²) in [6.07, 6.45) is 0.747. The Balaban J connectivity index is 1.62. The molecule has 2 atom stereocenters. The molecule has 1 aliphatic heterocycles. The van der Waals surface area contributed by atoms with Gasteiger partial charge in [0.1, 0.15) is 5.75 Å². The number of amides is 1. The number of cyclic esters (lactones) is 1. The van der Waals surface area contributed by atoms with Crippen LogP contribution in [0.2, 0.25) is 0 Å². The van der Waals surface area contributed by atoms with Gasteiger partial charge in [-0.2, -0.15) is 0 Å². The van der Waals surface area contributed by atoms with Crippen LogP contribution in [-0.2, 0) is 4.74 Å². The number of nitrogens with zero attached hydrogens (tertiary/aromatic N) is 1. The number of aromatic nitrogens is 1. The number of carbonyl (C=O) groups excluding carboxylic acids is 1. The molecule has 1 amide bonds. The van der Waals surface area contributed by atoms with Crippen molar-refractivity contribution in [3.05, 3.63) is 89.1 Å². The zero-order chi connectivity index (χ0) is 20.9. The van der Waals surface area contributed by atoms with E-state index in [1.54, 1.807) is 26.5 Å². The number of carbonyl (C=O) groups is 1. The Labute approximate surface area is 174 Å². The van der Waals surface area contributed by atoms with E-state index in [-0.39, 0.29) is 6.04 Å². The lowest BCUT2D eigenvalue weighted by Crippen LogP contribution is -2.19. The molecular formula is C24H20N2O4. The first kappa shape index (κ1) is 19.3. The molecule has 6 nitrogen and oxygen atoms in total. The Kier molecular flexibility index (Phi) is 5.53. The van der Waals surface area contributed by atoms with Crippen molar-refractivity contribution in [2.75, 3.05) is 14.2 Å². The molecule has 3 aromatic rings. The van der Waals surface area contributed by atoms with Crippen LogP contribution in [0.4, 0.5) is 4.79 Å². The Bertz CT molecular complexity index is 1130. The molecule has 0 unspecified atom stereocenters. The van der Waals surface area contributed by atoms with Crippen LogP contribution < -0.4 is 14.8 Å². The molecule has 1 aromatic heterocycles. The molecular weight excluding hydrogens is 380 g/mol. The zero-order valence-electron chi connectivity index (χ0n) is 16.6. The van der Waals surface area contributed by atoms with Crippen LogP contribution in [0.15, 0.2) is 66.9 Å². The molecule has 1 saturated heterocycles. The first-order valence-corrected chi connectivity index (χ1v) is 9.39. The second kappa shape index (κ2) is 8.58. The summed E-state index contributed by atoms with van der Waals surface area (Å²) in [5.41, 5.74) is 3.40. The SMILES string of the molecule is COc1cccc([C@H]2OC(=O)N[C@@H]2c2cccc(C#Cc3ccnc(OC)c3)c2)c1. The van der Waals surface area contributed by atoms with E-state index < -0.39 is 12.2 Å². The van der Waals surface area contributed by atoms with Crippen molar-refractivity contribution in [1.82, 2.24) is 10.3 Å². The minimum Gasteiger partial charge on any atom is -0.497 e. The van der Waals surface area contributed by atoms with Gasteiger partial charge < -0.3 is 19.5 Å². The van der Waals surface area contributed by atoms with Crippen molar-refractivity contribution in [3.8, 4) is 23.5 Å². The van der Waals surface area contributed by atoms with E-state index >= 15 is 0 Å². The summed E-state index contributed by atoms with van der Waals surface area (Å²) < 4.78 is 16.0. The average molecular weight is 400 g/mol. The third kappa shape index (κ3) is 4.20. The highest BCUT2D eigenvalue weighted by Crippen LogP contribution is 2.37. The maximum absolute atomic E-state index is 12.0. The summed E-state index contributed by atoms with van der Waals surface area (Å²) in [5.74, 6) is 7.49. The van der Waals surface area contributed by atoms with E-state index in [9.17, 15) is 4.79 Å². The lowest BCUT2D eigenvalue weighted by atomic mass is 9.95. The standard InChI is InChI=1S/C24H20N2O4/c1-28-20-8-4-7-19(15-20)23-22(26-24(27)30-23)18-6-3-5-16(13-18)9-10-17-11-12-25-21(14-17)29-2/h3-8,11-15,22-23H,1-2H3,(H,26,27)/t22-,23-/m1/s1. The van der Waals surface area contributed by atoms with Crippen molar-refractivity contribution in [3.63, 3.8) is 0 Å². The van der Waals surface area contributed by atoms with E-state index in [4.69, 9.17) is 14.2 Å². The Morgan fingerprint density at radius 1 is 0.933 bits per heavy atom. The van der Waals surface area contributed by atoms with Crippen LogP contribution in [0.5, 0.6) is 11.6 Å². The molecule has 2 aromatic carbocycles. The number of hydrogen-bond acceptors (Lipinski definition) is 5. The molecule has 1 N–H and O–H groups in total. The largest absolute Gasteiger partial charge is 0.497 e. The Hall–Kier alpha value is -3.98. The van der Waals surface area contributed by atoms with Crippen LogP contribution in [-0.4, -0.2) is 25.3 Å². The Morgan fingerprint density at radius 2 is 1.70 bits per heavy atom. The minimum atomic E-state index is -0.458. The van der Waals surface area contributed by atoms with Gasteiger partial charge in [-0.05, 0) is 41.5 Å². The van der Waals surface area contributed by atoms with Gasteiger partial charge in [-0.1, -0.05) is 36.1 Å². The predicted molar refractivity (Wildman–Crippen MR) is 111 cm³/mol. The number of nitrogens with one attached hydrogen (secondary N) is 1. The molecule has 1 aliphatic rings. The summed E-state index contributed by atoms with van der Waals surface area (Å²) in [4.78, 5) is 16.1. The van der Waals surface area contributed by atoms with Crippen molar-refractivity contribution >= 4 is 6.09 Å². The fourth-order valence-corrected chi connectivity index (χ4v) is 3.31.